The van der Waals surface area contributed by atoms with E-state index in [0.717, 1.165) is 22.4 Å². The summed E-state index contributed by atoms with van der Waals surface area (Å²) < 4.78 is 5.22. The average Bonchev–Trinajstić information content (AvgIpc) is 2.98. The monoisotopic (exact) mass is 557 g/mol. The third-order valence-electron chi connectivity index (χ3n) is 7.81. The van der Waals surface area contributed by atoms with Crippen molar-refractivity contribution in [2.45, 2.75) is 38.1 Å². The molecule has 2 aliphatic heterocycles. The van der Waals surface area contributed by atoms with Gasteiger partial charge in [0, 0.05) is 20.0 Å². The van der Waals surface area contributed by atoms with E-state index in [0.29, 0.717) is 0 Å². The van der Waals surface area contributed by atoms with Gasteiger partial charge in [0.1, 0.15) is 23.7 Å². The number of phenols is 1. The summed E-state index contributed by atoms with van der Waals surface area (Å²) in [5, 5.41) is 15.9. The molecule has 10 nitrogen and oxygen atoms in total. The van der Waals surface area contributed by atoms with Crippen LogP contribution in [0.3, 0.4) is 0 Å². The maximum Gasteiger partial charge on any atom is 0.334 e. The zero-order valence-electron chi connectivity index (χ0n) is 23.4. The van der Waals surface area contributed by atoms with E-state index < -0.39 is 12.2 Å². The Balaban J connectivity index is 1.45. The molecule has 0 saturated carbocycles. The SMILES string of the molecule is COc1ccc(CNC(=O)N2[C@H]3CN([C@@H](C)c4ccccc4)C(=O)C(Cc4ccc(O)cc4)N3C(=O)CN2C)cc1. The van der Waals surface area contributed by atoms with Crippen molar-refractivity contribution >= 4 is 17.8 Å². The van der Waals surface area contributed by atoms with Gasteiger partial charge in [0.15, 0.2) is 0 Å². The van der Waals surface area contributed by atoms with Crippen LogP contribution in [-0.4, -0.2) is 82.2 Å². The van der Waals surface area contributed by atoms with E-state index in [4.69, 9.17) is 4.74 Å². The van der Waals surface area contributed by atoms with E-state index in [1.807, 2.05) is 61.5 Å². The second kappa shape index (κ2) is 11.9. The van der Waals surface area contributed by atoms with Crippen LogP contribution in [0.5, 0.6) is 11.5 Å². The normalized spacial score (nSPS) is 20.0. The van der Waals surface area contributed by atoms with Gasteiger partial charge in [-0.15, -0.1) is 0 Å². The third kappa shape index (κ3) is 5.83. The highest BCUT2D eigenvalue weighted by atomic mass is 16.5. The first-order valence-corrected chi connectivity index (χ1v) is 13.6. The largest absolute Gasteiger partial charge is 0.508 e. The summed E-state index contributed by atoms with van der Waals surface area (Å²) >= 11 is 0. The van der Waals surface area contributed by atoms with Gasteiger partial charge >= 0.3 is 6.03 Å². The average molecular weight is 558 g/mol. The molecule has 0 spiro atoms. The molecule has 2 aliphatic rings. The fourth-order valence-corrected chi connectivity index (χ4v) is 5.58. The van der Waals surface area contributed by atoms with Crippen LogP contribution >= 0.6 is 0 Å². The number of methoxy groups -OCH3 is 1. The number of urea groups is 1. The van der Waals surface area contributed by atoms with Crippen molar-refractivity contribution in [1.82, 2.24) is 25.1 Å². The van der Waals surface area contributed by atoms with E-state index in [9.17, 15) is 19.5 Å². The van der Waals surface area contributed by atoms with Crippen LogP contribution in [0.2, 0.25) is 0 Å². The van der Waals surface area contributed by atoms with Crippen molar-refractivity contribution < 1.29 is 24.2 Å². The molecule has 0 radical (unpaired) electrons. The Morgan fingerprint density at radius 2 is 1.66 bits per heavy atom. The van der Waals surface area contributed by atoms with Crippen molar-refractivity contribution in [2.24, 2.45) is 0 Å². The highest BCUT2D eigenvalue weighted by Gasteiger charge is 2.51. The first kappa shape index (κ1) is 28.0. The van der Waals surface area contributed by atoms with E-state index in [1.54, 1.807) is 58.2 Å². The lowest BCUT2D eigenvalue weighted by Crippen LogP contribution is -2.76. The summed E-state index contributed by atoms with van der Waals surface area (Å²) in [5.41, 5.74) is 2.66. The van der Waals surface area contributed by atoms with Crippen LogP contribution in [0.15, 0.2) is 78.9 Å². The minimum absolute atomic E-state index is 0.0416. The Morgan fingerprint density at radius 3 is 2.32 bits per heavy atom. The van der Waals surface area contributed by atoms with Gasteiger partial charge in [-0.2, -0.15) is 0 Å². The highest BCUT2D eigenvalue weighted by Crippen LogP contribution is 2.32. The Hall–Kier alpha value is -4.57. The van der Waals surface area contributed by atoms with Gasteiger partial charge in [-0.1, -0.05) is 54.6 Å². The maximum absolute atomic E-state index is 14.1. The van der Waals surface area contributed by atoms with Crippen LogP contribution in [0.25, 0.3) is 0 Å². The van der Waals surface area contributed by atoms with Gasteiger partial charge < -0.3 is 25.0 Å². The van der Waals surface area contributed by atoms with Crippen molar-refractivity contribution in [3.63, 3.8) is 0 Å². The van der Waals surface area contributed by atoms with Crippen molar-refractivity contribution in [3.8, 4) is 11.5 Å². The molecule has 214 valence electrons. The lowest BCUT2D eigenvalue weighted by Gasteiger charge is -2.55. The molecule has 41 heavy (non-hydrogen) atoms. The second-order valence-electron chi connectivity index (χ2n) is 10.4. The first-order chi connectivity index (χ1) is 19.8. The molecule has 0 aromatic heterocycles. The molecule has 3 aromatic rings. The molecule has 2 saturated heterocycles. The van der Waals surface area contributed by atoms with E-state index >= 15 is 0 Å². The van der Waals surface area contributed by atoms with E-state index in [-0.39, 0.29) is 55.7 Å². The number of nitrogens with one attached hydrogen (secondary N) is 1. The minimum Gasteiger partial charge on any atom is -0.508 e. The van der Waals surface area contributed by atoms with Gasteiger partial charge in [0.25, 0.3) is 0 Å². The lowest BCUT2D eigenvalue weighted by molar-refractivity contribution is -0.189. The number of nitrogens with zero attached hydrogens (tertiary/aromatic N) is 4. The number of ether oxygens (including phenoxy) is 1. The number of carbonyl (C=O) groups excluding carboxylic acids is 3. The molecule has 2 N–H and O–H groups in total. The number of fused-ring (bicyclic) bond motifs is 1. The smallest absolute Gasteiger partial charge is 0.334 e. The molecule has 2 fully saturated rings. The second-order valence-corrected chi connectivity index (χ2v) is 10.4. The van der Waals surface area contributed by atoms with Gasteiger partial charge in [-0.25, -0.2) is 14.8 Å². The predicted molar refractivity (Wildman–Crippen MR) is 153 cm³/mol. The van der Waals surface area contributed by atoms with Crippen LogP contribution in [0.4, 0.5) is 4.79 Å². The molecule has 2 heterocycles. The van der Waals surface area contributed by atoms with Gasteiger partial charge in [0.05, 0.1) is 26.2 Å². The van der Waals surface area contributed by atoms with Gasteiger partial charge in [-0.05, 0) is 47.9 Å². The number of likely N-dealkylation sites (N-methyl/N-ethyl adjacent to an activating group) is 1. The molecule has 0 bridgehead atoms. The van der Waals surface area contributed by atoms with Crippen LogP contribution in [-0.2, 0) is 22.6 Å². The van der Waals surface area contributed by atoms with Crippen molar-refractivity contribution in [3.05, 3.63) is 95.6 Å². The number of hydrogen-bond donors (Lipinski definition) is 2. The van der Waals surface area contributed by atoms with Crippen LogP contribution < -0.4 is 10.1 Å². The molecule has 3 aromatic carbocycles. The van der Waals surface area contributed by atoms with Gasteiger partial charge in [0.2, 0.25) is 11.8 Å². The molecule has 5 rings (SSSR count). The first-order valence-electron chi connectivity index (χ1n) is 13.6. The molecule has 1 unspecified atom stereocenters. The molecular weight excluding hydrogens is 522 g/mol. The number of aromatic hydroxyl groups is 1. The molecule has 3 atom stereocenters. The number of hydrazine groups is 1. The summed E-state index contributed by atoms with van der Waals surface area (Å²) in [6.07, 6.45) is -0.451. The summed E-state index contributed by atoms with van der Waals surface area (Å²) in [6, 6.07) is 22.3. The number of piperazine rings is 1. The fourth-order valence-electron chi connectivity index (χ4n) is 5.58. The minimum atomic E-state index is -0.817. The molecule has 4 amide bonds. The standard InChI is InChI=1S/C31H35N5O5/c1-21(24-7-5-4-6-8-24)34-19-28-35(27(30(34)39)17-22-9-13-25(37)14-10-22)29(38)20-33(2)36(28)31(40)32-18-23-11-15-26(41-3)16-12-23/h4-16,21,27-28,37H,17-20H2,1-3H3,(H,32,40)/t21-,27?,28-/m0/s1. The van der Waals surface area contributed by atoms with E-state index in [1.165, 1.54) is 0 Å². The number of hydrogen-bond acceptors (Lipinski definition) is 6. The zero-order valence-corrected chi connectivity index (χ0v) is 23.4. The number of rotatable bonds is 7. The summed E-state index contributed by atoms with van der Waals surface area (Å²) in [7, 11) is 3.31. The van der Waals surface area contributed by atoms with Crippen LogP contribution in [0.1, 0.15) is 29.7 Å². The Bertz CT molecular complexity index is 1380. The maximum atomic E-state index is 14.1. The zero-order chi connectivity index (χ0) is 29.1. The summed E-state index contributed by atoms with van der Waals surface area (Å²) in [4.78, 5) is 44.6. The van der Waals surface area contributed by atoms with E-state index in [2.05, 4.69) is 5.32 Å². The molecule has 0 aliphatic carbocycles. The highest BCUT2D eigenvalue weighted by molar-refractivity contribution is 5.92. The molecular formula is C31H35N5O5. The van der Waals surface area contributed by atoms with Gasteiger partial charge in [-0.3, -0.25) is 9.59 Å². The summed E-state index contributed by atoms with van der Waals surface area (Å²) in [6.45, 7) is 2.36. The van der Waals surface area contributed by atoms with Crippen LogP contribution in [0, 0.1) is 0 Å². The number of amides is 4. The number of phenolic OH excluding ortho intramolecular Hbond substituents is 1. The number of carbonyl (C=O) groups is 3. The predicted octanol–water partition coefficient (Wildman–Crippen LogP) is 3.14. The third-order valence-corrected chi connectivity index (χ3v) is 7.81. The molecule has 10 heteroatoms. The van der Waals surface area contributed by atoms with Crippen molar-refractivity contribution in [1.29, 1.82) is 0 Å². The lowest BCUT2D eigenvalue weighted by atomic mass is 9.96. The summed E-state index contributed by atoms with van der Waals surface area (Å²) in [5.74, 6) is 0.448. The van der Waals surface area contributed by atoms with Crippen molar-refractivity contribution in [2.75, 3.05) is 27.2 Å². The topological polar surface area (TPSA) is 106 Å². The Labute approximate surface area is 239 Å². The fraction of sp³-hybridized carbons (Fsp3) is 0.323. The quantitative estimate of drug-likeness (QED) is 0.463. The Morgan fingerprint density at radius 1 is 1.00 bits per heavy atom. The number of benzene rings is 3. The Kier molecular flexibility index (Phi) is 8.11.